The monoisotopic (exact) mass is 584 g/mol. The lowest BCUT2D eigenvalue weighted by molar-refractivity contribution is -0.137. The third kappa shape index (κ3) is 5.27. The first-order valence-corrected chi connectivity index (χ1v) is 13.8. The predicted molar refractivity (Wildman–Crippen MR) is 165 cm³/mol. The van der Waals surface area contributed by atoms with Crippen LogP contribution in [-0.2, 0) is 22.4 Å². The van der Waals surface area contributed by atoms with Crippen molar-refractivity contribution in [3.63, 3.8) is 0 Å². The Bertz CT molecular complexity index is 1940. The van der Waals surface area contributed by atoms with Gasteiger partial charge in [0.15, 0.2) is 11.2 Å². The fourth-order valence-electron chi connectivity index (χ4n) is 5.10. The minimum absolute atomic E-state index is 0.0718. The van der Waals surface area contributed by atoms with Crippen LogP contribution in [0.1, 0.15) is 11.1 Å². The molecule has 10 heteroatoms. The molecule has 10 nitrogen and oxygen atoms in total. The topological polar surface area (TPSA) is 133 Å². The van der Waals surface area contributed by atoms with Gasteiger partial charge in [-0.2, -0.15) is 0 Å². The van der Waals surface area contributed by atoms with Crippen LogP contribution < -0.4 is 10.0 Å². The number of nitrogens with zero attached hydrogens (tertiary/aromatic N) is 4. The molecule has 0 aliphatic carbocycles. The summed E-state index contributed by atoms with van der Waals surface area (Å²) >= 11 is 0. The number of rotatable bonds is 8. The predicted octanol–water partition coefficient (Wildman–Crippen LogP) is 6.83. The summed E-state index contributed by atoms with van der Waals surface area (Å²) in [5.41, 5.74) is 7.16. The highest BCUT2D eigenvalue weighted by Gasteiger charge is 2.17. The first-order valence-electron chi connectivity index (χ1n) is 13.8. The summed E-state index contributed by atoms with van der Waals surface area (Å²) in [5, 5.41) is 22.2. The van der Waals surface area contributed by atoms with Crippen molar-refractivity contribution in [1.29, 1.82) is 0 Å². The molecule has 2 aromatic heterocycles. The third-order valence-corrected chi connectivity index (χ3v) is 7.17. The minimum Gasteiger partial charge on any atom is -0.481 e. The van der Waals surface area contributed by atoms with Crippen molar-refractivity contribution >= 4 is 45.5 Å². The Morgan fingerprint density at radius 1 is 0.591 bits per heavy atom. The summed E-state index contributed by atoms with van der Waals surface area (Å²) in [6.45, 7) is 0. The van der Waals surface area contributed by atoms with Gasteiger partial charge in [-0.25, -0.2) is 9.97 Å². The second-order valence-corrected chi connectivity index (χ2v) is 10.2. The van der Waals surface area contributed by atoms with Crippen molar-refractivity contribution in [3.8, 4) is 22.9 Å². The lowest BCUT2D eigenvalue weighted by atomic mass is 10.1. The Morgan fingerprint density at radius 2 is 1.00 bits per heavy atom. The summed E-state index contributed by atoms with van der Waals surface area (Å²) in [6, 6.07) is 26.1. The van der Waals surface area contributed by atoms with Gasteiger partial charge in [0.05, 0.1) is 24.2 Å². The van der Waals surface area contributed by atoms with E-state index in [2.05, 4.69) is 9.97 Å². The maximum Gasteiger partial charge on any atom is 0.307 e. The van der Waals surface area contributed by atoms with Gasteiger partial charge >= 0.3 is 11.9 Å². The van der Waals surface area contributed by atoms with Crippen LogP contribution in [0.15, 0.2) is 118 Å². The number of carboxylic acids is 2. The molecule has 0 atom stereocenters. The van der Waals surface area contributed by atoms with Gasteiger partial charge in [-0.15, -0.1) is 0 Å². The zero-order chi connectivity index (χ0) is 30.2. The van der Waals surface area contributed by atoms with E-state index < -0.39 is 11.9 Å². The molecule has 0 saturated heterocycles. The van der Waals surface area contributed by atoms with Gasteiger partial charge < -0.3 is 19.0 Å². The van der Waals surface area contributed by atoms with Crippen molar-refractivity contribution in [3.05, 3.63) is 121 Å². The number of fused-ring (bicyclic) bond motifs is 2. The van der Waals surface area contributed by atoms with Gasteiger partial charge in [0, 0.05) is 23.5 Å². The SMILES string of the molecule is O=C(O)Cc1ccc2oc(-c3ccc(N4C=CC=CN4c4ccc(-c5nc6cc(CC(=O)O)ccc6o5)cc4)cc3)nc2c1. The number of allylic oxidation sites excluding steroid dienone is 2. The number of aromatic nitrogens is 2. The van der Waals surface area contributed by atoms with Crippen molar-refractivity contribution in [2.24, 2.45) is 0 Å². The van der Waals surface area contributed by atoms with Gasteiger partial charge in [0.2, 0.25) is 11.8 Å². The number of oxazole rings is 2. The third-order valence-electron chi connectivity index (χ3n) is 7.17. The van der Waals surface area contributed by atoms with E-state index in [1.807, 2.05) is 83.1 Å². The molecule has 7 rings (SSSR count). The molecule has 0 fully saturated rings. The fourth-order valence-corrected chi connectivity index (χ4v) is 5.10. The second-order valence-electron chi connectivity index (χ2n) is 10.2. The number of hydrazine groups is 1. The first kappa shape index (κ1) is 26.7. The van der Waals surface area contributed by atoms with Crippen molar-refractivity contribution in [2.45, 2.75) is 12.8 Å². The molecule has 0 radical (unpaired) electrons. The number of benzene rings is 4. The molecule has 0 unspecified atom stereocenters. The summed E-state index contributed by atoms with van der Waals surface area (Å²) in [5.74, 6) is -0.878. The van der Waals surface area contributed by atoms with E-state index >= 15 is 0 Å². The molecular weight excluding hydrogens is 560 g/mol. The van der Waals surface area contributed by atoms with Crippen LogP contribution in [0.5, 0.6) is 0 Å². The Morgan fingerprint density at radius 3 is 1.39 bits per heavy atom. The first-order chi connectivity index (χ1) is 21.4. The number of carboxylic acid groups (broad SMARTS) is 2. The molecule has 3 heterocycles. The molecule has 1 aliphatic heterocycles. The molecular formula is C34H24N4O6. The van der Waals surface area contributed by atoms with E-state index in [1.54, 1.807) is 36.4 Å². The summed E-state index contributed by atoms with van der Waals surface area (Å²) in [7, 11) is 0. The van der Waals surface area contributed by atoms with E-state index in [0.29, 0.717) is 45.1 Å². The summed E-state index contributed by atoms with van der Waals surface area (Å²) in [4.78, 5) is 31.3. The largest absolute Gasteiger partial charge is 0.481 e. The van der Waals surface area contributed by atoms with E-state index in [0.717, 1.165) is 22.5 Å². The van der Waals surface area contributed by atoms with Crippen LogP contribution in [-0.4, -0.2) is 32.1 Å². The van der Waals surface area contributed by atoms with Crippen LogP contribution in [0, 0.1) is 0 Å². The summed E-state index contributed by atoms with van der Waals surface area (Å²) in [6.07, 6.45) is 7.68. The number of carbonyl (C=O) groups is 2. The molecule has 0 bridgehead atoms. The van der Waals surface area contributed by atoms with E-state index in [9.17, 15) is 9.59 Å². The van der Waals surface area contributed by atoms with Gasteiger partial charge in [-0.3, -0.25) is 19.6 Å². The van der Waals surface area contributed by atoms with Crippen molar-refractivity contribution < 1.29 is 28.6 Å². The maximum atomic E-state index is 11.1. The Labute approximate surface area is 250 Å². The highest BCUT2D eigenvalue weighted by atomic mass is 16.4. The standard InChI is InChI=1S/C34H24N4O6/c39-31(40)19-21-3-13-29-27(17-21)35-33(43-29)23-5-9-25(10-6-23)37-15-1-2-16-38(37)26-11-7-24(8-12-26)34-36-28-18-22(20-32(41)42)4-14-30(28)44-34/h1-18H,19-20H2,(H,39,40)(H,41,42). The normalized spacial score (nSPS) is 12.8. The lowest BCUT2D eigenvalue weighted by Gasteiger charge is -2.35. The molecule has 1 aliphatic rings. The maximum absolute atomic E-state index is 11.1. The average Bonchev–Trinajstić information content (AvgIpc) is 3.65. The van der Waals surface area contributed by atoms with Crippen LogP contribution in [0.3, 0.4) is 0 Å². The molecule has 216 valence electrons. The Kier molecular flexibility index (Phi) is 6.63. The number of hydrogen-bond donors (Lipinski definition) is 2. The second kappa shape index (κ2) is 10.9. The molecule has 0 saturated carbocycles. The van der Waals surface area contributed by atoms with Gasteiger partial charge in [0.1, 0.15) is 11.0 Å². The average molecular weight is 585 g/mol. The molecule has 2 N–H and O–H groups in total. The fraction of sp³-hybridized carbons (Fsp3) is 0.0588. The van der Waals surface area contributed by atoms with Gasteiger partial charge in [-0.1, -0.05) is 12.1 Å². The Hall–Kier alpha value is -6.16. The minimum atomic E-state index is -0.896. The van der Waals surface area contributed by atoms with Gasteiger partial charge in [-0.05, 0) is 96.1 Å². The van der Waals surface area contributed by atoms with E-state index in [1.165, 1.54) is 0 Å². The van der Waals surface area contributed by atoms with Gasteiger partial charge in [0.25, 0.3) is 0 Å². The van der Waals surface area contributed by atoms with E-state index in [4.69, 9.17) is 19.0 Å². The van der Waals surface area contributed by atoms with Crippen LogP contribution >= 0.6 is 0 Å². The molecule has 0 spiro atoms. The lowest BCUT2D eigenvalue weighted by Crippen LogP contribution is -2.36. The van der Waals surface area contributed by atoms with Crippen molar-refractivity contribution in [1.82, 2.24) is 9.97 Å². The zero-order valence-electron chi connectivity index (χ0n) is 23.1. The van der Waals surface area contributed by atoms with Crippen LogP contribution in [0.2, 0.25) is 0 Å². The zero-order valence-corrected chi connectivity index (χ0v) is 23.1. The molecule has 44 heavy (non-hydrogen) atoms. The van der Waals surface area contributed by atoms with Crippen LogP contribution in [0.25, 0.3) is 45.1 Å². The van der Waals surface area contributed by atoms with E-state index in [-0.39, 0.29) is 12.8 Å². The Balaban J connectivity index is 1.10. The number of anilines is 2. The highest BCUT2D eigenvalue weighted by molar-refractivity contribution is 5.81. The molecule has 0 amide bonds. The summed E-state index contributed by atoms with van der Waals surface area (Å²) < 4.78 is 11.9. The quantitative estimate of drug-likeness (QED) is 0.196. The number of hydrogen-bond acceptors (Lipinski definition) is 8. The van der Waals surface area contributed by atoms with Crippen LogP contribution in [0.4, 0.5) is 11.4 Å². The molecule has 6 aromatic rings. The smallest absolute Gasteiger partial charge is 0.307 e. The molecule has 4 aromatic carbocycles. The van der Waals surface area contributed by atoms with Crippen molar-refractivity contribution in [2.75, 3.05) is 10.0 Å². The number of aliphatic carboxylic acids is 2. The highest BCUT2D eigenvalue weighted by Crippen LogP contribution is 2.32.